The Morgan fingerprint density at radius 3 is 2.50 bits per heavy atom. The van der Waals surface area contributed by atoms with Crippen molar-refractivity contribution >= 4 is 11.6 Å². The molecular weight excluding hydrogens is 267 g/mol. The van der Waals surface area contributed by atoms with Crippen LogP contribution in [-0.2, 0) is 6.18 Å². The molecule has 0 aliphatic carbocycles. The molecule has 3 nitrogen and oxygen atoms in total. The molecule has 1 saturated heterocycles. The van der Waals surface area contributed by atoms with E-state index in [0.717, 1.165) is 50.9 Å². The molecule has 1 aliphatic heterocycles. The van der Waals surface area contributed by atoms with Gasteiger partial charge in [-0.15, -0.1) is 0 Å². The van der Waals surface area contributed by atoms with Gasteiger partial charge >= 0.3 is 6.18 Å². The molecule has 0 aromatic carbocycles. The molecule has 1 aromatic heterocycles. The normalized spacial score (nSPS) is 16.3. The van der Waals surface area contributed by atoms with Crippen LogP contribution < -0.4 is 10.2 Å². The Morgan fingerprint density at radius 1 is 1.20 bits per heavy atom. The van der Waals surface area contributed by atoms with Crippen LogP contribution in [0.3, 0.4) is 0 Å². The number of nitrogens with one attached hydrogen (secondary N) is 1. The molecule has 0 saturated carbocycles. The van der Waals surface area contributed by atoms with Crippen LogP contribution in [0.2, 0.25) is 0 Å². The molecule has 0 amide bonds. The number of halogens is 3. The van der Waals surface area contributed by atoms with E-state index in [1.54, 1.807) is 0 Å². The van der Waals surface area contributed by atoms with Crippen LogP contribution in [0.1, 0.15) is 38.2 Å². The van der Waals surface area contributed by atoms with Gasteiger partial charge in [0.1, 0.15) is 11.6 Å². The number of aromatic nitrogens is 1. The van der Waals surface area contributed by atoms with Gasteiger partial charge in [0.25, 0.3) is 0 Å². The average Bonchev–Trinajstić information content (AvgIpc) is 2.45. The van der Waals surface area contributed by atoms with Gasteiger partial charge in [0.2, 0.25) is 0 Å². The van der Waals surface area contributed by atoms with E-state index in [-0.39, 0.29) is 0 Å². The lowest BCUT2D eigenvalue weighted by Gasteiger charge is -2.28. The zero-order valence-corrected chi connectivity index (χ0v) is 11.6. The highest BCUT2D eigenvalue weighted by molar-refractivity contribution is 5.51. The van der Waals surface area contributed by atoms with E-state index in [2.05, 4.69) is 10.3 Å². The molecule has 0 atom stereocenters. The standard InChI is InChI=1S/C14H20F3N3/c1-2-6-18-12-9-11(14(15,16)17)10-13(19-12)20-7-4-3-5-8-20/h9-10H,2-8H2,1H3,(H,18,19). The van der Waals surface area contributed by atoms with Gasteiger partial charge < -0.3 is 10.2 Å². The minimum atomic E-state index is -4.34. The van der Waals surface area contributed by atoms with Gasteiger partial charge in [0.15, 0.2) is 0 Å². The third kappa shape index (κ3) is 3.77. The number of nitrogens with zero attached hydrogens (tertiary/aromatic N) is 2. The van der Waals surface area contributed by atoms with Gasteiger partial charge in [-0.1, -0.05) is 6.92 Å². The molecule has 0 unspecified atom stereocenters. The van der Waals surface area contributed by atoms with Crippen LogP contribution in [0, 0.1) is 0 Å². The molecule has 0 radical (unpaired) electrons. The van der Waals surface area contributed by atoms with Crippen molar-refractivity contribution in [1.82, 2.24) is 4.98 Å². The Hall–Kier alpha value is -1.46. The number of alkyl halides is 3. The lowest BCUT2D eigenvalue weighted by Crippen LogP contribution is -2.30. The Labute approximate surface area is 117 Å². The maximum absolute atomic E-state index is 13.0. The first-order valence-electron chi connectivity index (χ1n) is 7.09. The lowest BCUT2D eigenvalue weighted by atomic mass is 10.1. The number of piperidine rings is 1. The summed E-state index contributed by atoms with van der Waals surface area (Å²) in [5, 5.41) is 2.95. The number of pyridine rings is 1. The summed E-state index contributed by atoms with van der Waals surface area (Å²) < 4.78 is 38.9. The van der Waals surface area contributed by atoms with Crippen LogP contribution in [0.5, 0.6) is 0 Å². The maximum Gasteiger partial charge on any atom is 0.416 e. The summed E-state index contributed by atoms with van der Waals surface area (Å²) in [6.45, 7) is 4.14. The van der Waals surface area contributed by atoms with Crippen molar-refractivity contribution < 1.29 is 13.2 Å². The molecule has 2 heterocycles. The topological polar surface area (TPSA) is 28.2 Å². The summed E-state index contributed by atoms with van der Waals surface area (Å²) in [6, 6.07) is 2.24. The van der Waals surface area contributed by atoms with E-state index in [1.807, 2.05) is 11.8 Å². The SMILES string of the molecule is CCCNc1cc(C(F)(F)F)cc(N2CCCCC2)n1. The highest BCUT2D eigenvalue weighted by Crippen LogP contribution is 2.33. The van der Waals surface area contributed by atoms with Gasteiger partial charge in [0.05, 0.1) is 5.56 Å². The van der Waals surface area contributed by atoms with Crippen LogP contribution in [0.25, 0.3) is 0 Å². The molecule has 2 rings (SSSR count). The van der Waals surface area contributed by atoms with Crippen LogP contribution >= 0.6 is 0 Å². The molecule has 1 fully saturated rings. The van der Waals surface area contributed by atoms with Crippen LogP contribution in [0.15, 0.2) is 12.1 Å². The smallest absolute Gasteiger partial charge is 0.370 e. The first-order valence-corrected chi connectivity index (χ1v) is 7.09. The summed E-state index contributed by atoms with van der Waals surface area (Å²) >= 11 is 0. The fraction of sp³-hybridized carbons (Fsp3) is 0.643. The van der Waals surface area contributed by atoms with Gasteiger partial charge in [-0.25, -0.2) is 4.98 Å². The maximum atomic E-state index is 13.0. The van der Waals surface area contributed by atoms with Crippen molar-refractivity contribution in [2.24, 2.45) is 0 Å². The van der Waals surface area contributed by atoms with Crippen LogP contribution in [-0.4, -0.2) is 24.6 Å². The van der Waals surface area contributed by atoms with Crippen molar-refractivity contribution in [2.45, 2.75) is 38.8 Å². The summed E-state index contributed by atoms with van der Waals surface area (Å²) in [4.78, 5) is 6.26. The predicted molar refractivity (Wildman–Crippen MR) is 74.1 cm³/mol. The second kappa shape index (κ2) is 6.33. The Morgan fingerprint density at radius 2 is 1.90 bits per heavy atom. The number of anilines is 2. The predicted octanol–water partition coefficient (Wildman–Crippen LogP) is 3.91. The van der Waals surface area contributed by atoms with Crippen molar-refractivity contribution in [3.8, 4) is 0 Å². The number of rotatable bonds is 4. The highest BCUT2D eigenvalue weighted by atomic mass is 19.4. The molecule has 0 spiro atoms. The number of hydrogen-bond donors (Lipinski definition) is 1. The monoisotopic (exact) mass is 287 g/mol. The van der Waals surface area contributed by atoms with Crippen molar-refractivity contribution in [3.05, 3.63) is 17.7 Å². The summed E-state index contributed by atoms with van der Waals surface area (Å²) in [5.41, 5.74) is -0.633. The fourth-order valence-corrected chi connectivity index (χ4v) is 2.31. The third-order valence-corrected chi connectivity index (χ3v) is 3.38. The van der Waals surface area contributed by atoms with Gasteiger partial charge in [-0.3, -0.25) is 0 Å². The van der Waals surface area contributed by atoms with E-state index in [9.17, 15) is 13.2 Å². The lowest BCUT2D eigenvalue weighted by molar-refractivity contribution is -0.137. The minimum Gasteiger partial charge on any atom is -0.370 e. The largest absolute Gasteiger partial charge is 0.416 e. The zero-order valence-electron chi connectivity index (χ0n) is 11.6. The molecule has 0 bridgehead atoms. The Bertz CT molecular complexity index is 440. The summed E-state index contributed by atoms with van der Waals surface area (Å²) in [6.07, 6.45) is -0.338. The molecular formula is C14H20F3N3. The average molecular weight is 287 g/mol. The zero-order chi connectivity index (χ0) is 14.6. The van der Waals surface area contributed by atoms with Crippen molar-refractivity contribution in [3.63, 3.8) is 0 Å². The summed E-state index contributed by atoms with van der Waals surface area (Å²) in [5.74, 6) is 0.736. The molecule has 6 heteroatoms. The summed E-state index contributed by atoms with van der Waals surface area (Å²) in [7, 11) is 0. The van der Waals surface area contributed by atoms with Crippen molar-refractivity contribution in [2.75, 3.05) is 29.9 Å². The quantitative estimate of drug-likeness (QED) is 0.910. The van der Waals surface area contributed by atoms with Gasteiger partial charge in [-0.2, -0.15) is 13.2 Å². The van der Waals surface area contributed by atoms with Crippen molar-refractivity contribution in [1.29, 1.82) is 0 Å². The second-order valence-electron chi connectivity index (χ2n) is 5.07. The van der Waals surface area contributed by atoms with Gasteiger partial charge in [0, 0.05) is 19.6 Å². The van der Waals surface area contributed by atoms with Gasteiger partial charge in [-0.05, 0) is 37.8 Å². The third-order valence-electron chi connectivity index (χ3n) is 3.38. The van der Waals surface area contributed by atoms with E-state index >= 15 is 0 Å². The van der Waals surface area contributed by atoms with E-state index in [4.69, 9.17) is 0 Å². The Kier molecular flexibility index (Phi) is 4.73. The molecule has 1 aliphatic rings. The second-order valence-corrected chi connectivity index (χ2v) is 5.07. The van der Waals surface area contributed by atoms with Crippen LogP contribution in [0.4, 0.5) is 24.8 Å². The fourth-order valence-electron chi connectivity index (χ4n) is 2.31. The highest BCUT2D eigenvalue weighted by Gasteiger charge is 2.32. The van der Waals surface area contributed by atoms with E-state index < -0.39 is 11.7 Å². The molecule has 1 N–H and O–H groups in total. The first-order chi connectivity index (χ1) is 9.50. The number of hydrogen-bond acceptors (Lipinski definition) is 3. The molecule has 112 valence electrons. The molecule has 1 aromatic rings. The minimum absolute atomic E-state index is 0.308. The Balaban J connectivity index is 2.29. The first kappa shape index (κ1) is 14.9. The van der Waals surface area contributed by atoms with E-state index in [0.29, 0.717) is 18.2 Å². The molecule has 20 heavy (non-hydrogen) atoms. The van der Waals surface area contributed by atoms with E-state index in [1.165, 1.54) is 0 Å².